The number of aromatic nitrogens is 2. The van der Waals surface area contributed by atoms with Gasteiger partial charge >= 0.3 is 0 Å². The molecule has 0 fully saturated rings. The van der Waals surface area contributed by atoms with Gasteiger partial charge < -0.3 is 10.3 Å². The number of nitrogens with one attached hydrogen (secondary N) is 2. The first kappa shape index (κ1) is 22.5. The molecular formula is C24H22N4O4S2. The Hall–Kier alpha value is -3.24. The summed E-state index contributed by atoms with van der Waals surface area (Å²) in [7, 11) is 0. The van der Waals surface area contributed by atoms with E-state index in [1.807, 2.05) is 17.5 Å². The number of nitro groups is 1. The number of thiophene rings is 1. The van der Waals surface area contributed by atoms with E-state index in [0.717, 1.165) is 16.1 Å². The van der Waals surface area contributed by atoms with Gasteiger partial charge in [-0.1, -0.05) is 43.8 Å². The molecule has 174 valence electrons. The lowest BCUT2D eigenvalue weighted by atomic mass is 9.70. The summed E-state index contributed by atoms with van der Waals surface area (Å²) in [6, 6.07) is 10.2. The number of nitro benzene ring substituents is 1. The first-order valence-corrected chi connectivity index (χ1v) is 12.7. The van der Waals surface area contributed by atoms with E-state index < -0.39 is 10.8 Å². The first-order valence-electron chi connectivity index (χ1n) is 10.8. The van der Waals surface area contributed by atoms with Crippen molar-refractivity contribution in [3.05, 3.63) is 89.5 Å². The average Bonchev–Trinajstić information content (AvgIpc) is 3.30. The lowest BCUT2D eigenvalue weighted by Gasteiger charge is -2.38. The fraction of sp³-hybridized carbons (Fsp3) is 0.292. The predicted octanol–water partition coefficient (Wildman–Crippen LogP) is 5.23. The summed E-state index contributed by atoms with van der Waals surface area (Å²) >= 11 is 2.87. The number of aromatic amines is 1. The third-order valence-corrected chi connectivity index (χ3v) is 7.93. The monoisotopic (exact) mass is 494 g/mol. The summed E-state index contributed by atoms with van der Waals surface area (Å²) in [5.41, 5.74) is 2.45. The van der Waals surface area contributed by atoms with Gasteiger partial charge in [0, 0.05) is 40.5 Å². The number of hydrogen-bond donors (Lipinski definition) is 2. The number of non-ortho nitro benzene ring substituents is 1. The van der Waals surface area contributed by atoms with Crippen molar-refractivity contribution in [3.8, 4) is 0 Å². The van der Waals surface area contributed by atoms with Gasteiger partial charge in [-0.3, -0.25) is 19.7 Å². The van der Waals surface area contributed by atoms with Gasteiger partial charge in [-0.25, -0.2) is 4.98 Å². The molecule has 2 aliphatic rings. The average molecular weight is 495 g/mol. The molecule has 34 heavy (non-hydrogen) atoms. The summed E-state index contributed by atoms with van der Waals surface area (Å²) in [4.78, 5) is 45.4. The zero-order valence-corrected chi connectivity index (χ0v) is 20.2. The zero-order valence-electron chi connectivity index (χ0n) is 18.6. The summed E-state index contributed by atoms with van der Waals surface area (Å²) in [5.74, 6) is 0.615. The normalized spacial score (nSPS) is 18.8. The van der Waals surface area contributed by atoms with E-state index in [-0.39, 0.29) is 22.4 Å². The molecule has 0 saturated heterocycles. The van der Waals surface area contributed by atoms with E-state index in [0.29, 0.717) is 40.7 Å². The molecule has 3 aromatic rings. The maximum absolute atomic E-state index is 13.3. The molecule has 3 heterocycles. The van der Waals surface area contributed by atoms with Crippen LogP contribution in [0, 0.1) is 15.5 Å². The van der Waals surface area contributed by atoms with Crippen molar-refractivity contribution in [2.45, 2.75) is 43.5 Å². The van der Waals surface area contributed by atoms with Gasteiger partial charge in [-0.15, -0.1) is 11.3 Å². The number of fused-ring (bicyclic) bond motifs is 1. The van der Waals surface area contributed by atoms with Gasteiger partial charge in [-0.05, 0) is 28.8 Å². The Kier molecular flexibility index (Phi) is 5.65. The van der Waals surface area contributed by atoms with Gasteiger partial charge in [0.2, 0.25) is 0 Å². The largest absolute Gasteiger partial charge is 0.343 e. The Morgan fingerprint density at radius 1 is 1.21 bits per heavy atom. The van der Waals surface area contributed by atoms with E-state index in [4.69, 9.17) is 4.98 Å². The van der Waals surface area contributed by atoms with E-state index in [9.17, 15) is 19.7 Å². The minimum Gasteiger partial charge on any atom is -0.343 e. The van der Waals surface area contributed by atoms with Crippen LogP contribution in [0.1, 0.15) is 48.6 Å². The van der Waals surface area contributed by atoms with Crippen LogP contribution < -0.4 is 10.9 Å². The highest BCUT2D eigenvalue weighted by molar-refractivity contribution is 7.98. The number of thioether (sulfide) groups is 1. The number of H-pyrrole nitrogens is 1. The van der Waals surface area contributed by atoms with Crippen molar-refractivity contribution in [2.24, 2.45) is 5.41 Å². The number of nitrogens with zero attached hydrogens (tertiary/aromatic N) is 2. The van der Waals surface area contributed by atoms with Crippen LogP contribution in [-0.2, 0) is 10.5 Å². The minimum absolute atomic E-state index is 0.0342. The Labute approximate surface area is 203 Å². The number of allylic oxidation sites excluding steroid dienone is 2. The number of carbonyl (C=O) groups excluding carboxylic acids is 1. The molecule has 0 radical (unpaired) electrons. The molecule has 2 aromatic heterocycles. The second-order valence-corrected chi connectivity index (χ2v) is 11.2. The topological polar surface area (TPSA) is 118 Å². The molecule has 2 N–H and O–H groups in total. The Balaban J connectivity index is 1.50. The number of ketones is 1. The van der Waals surface area contributed by atoms with E-state index >= 15 is 0 Å². The standard InChI is InChI=1S/C24H22N4O4S2/c1-24(2)10-15-18(16(29)11-24)19(17-4-3-9-33-17)20-21(25-15)26-23(27-22(20)30)34-12-13-5-7-14(8-6-13)28(31)32/h3-9,19H,10-12H2,1-2H3,(H2,25,26,27,30)/t19-/m0/s1. The Morgan fingerprint density at radius 3 is 2.65 bits per heavy atom. The van der Waals surface area contributed by atoms with Gasteiger partial charge in [0.25, 0.3) is 11.2 Å². The maximum atomic E-state index is 13.3. The molecule has 0 bridgehead atoms. The van der Waals surface area contributed by atoms with Crippen molar-refractivity contribution >= 4 is 40.4 Å². The molecule has 0 unspecified atom stereocenters. The third kappa shape index (κ3) is 4.19. The summed E-state index contributed by atoms with van der Waals surface area (Å²) in [5, 5.41) is 16.6. The number of Topliss-reactive ketones (excluding diaryl/α,β-unsaturated/α-hetero) is 1. The van der Waals surface area contributed by atoms with Crippen LogP contribution >= 0.6 is 23.1 Å². The molecule has 10 heteroatoms. The highest BCUT2D eigenvalue weighted by Gasteiger charge is 2.42. The predicted molar refractivity (Wildman–Crippen MR) is 132 cm³/mol. The van der Waals surface area contributed by atoms with Crippen LogP contribution in [-0.4, -0.2) is 20.7 Å². The molecule has 1 aliphatic carbocycles. The second-order valence-electron chi connectivity index (χ2n) is 9.25. The number of carbonyl (C=O) groups is 1. The fourth-order valence-electron chi connectivity index (χ4n) is 4.57. The highest BCUT2D eigenvalue weighted by atomic mass is 32.2. The minimum atomic E-state index is -0.435. The SMILES string of the molecule is CC1(C)CC(=O)C2=C(C1)Nc1nc(SCc3ccc([N+](=O)[O-])cc3)[nH]c(=O)c1[C@H]2c1cccs1. The molecule has 8 nitrogen and oxygen atoms in total. The van der Waals surface area contributed by atoms with Gasteiger partial charge in [-0.2, -0.15) is 0 Å². The number of anilines is 1. The number of benzene rings is 1. The smallest absolute Gasteiger partial charge is 0.269 e. The van der Waals surface area contributed by atoms with Crippen molar-refractivity contribution in [3.63, 3.8) is 0 Å². The van der Waals surface area contributed by atoms with Crippen LogP contribution in [0.3, 0.4) is 0 Å². The maximum Gasteiger partial charge on any atom is 0.269 e. The molecule has 5 rings (SSSR count). The van der Waals surface area contributed by atoms with Crippen LogP contribution in [0.4, 0.5) is 11.5 Å². The lowest BCUT2D eigenvalue weighted by Crippen LogP contribution is -2.36. The number of hydrogen-bond acceptors (Lipinski definition) is 8. The summed E-state index contributed by atoms with van der Waals surface area (Å²) in [6.07, 6.45) is 1.15. The van der Waals surface area contributed by atoms with Crippen molar-refractivity contribution in [1.29, 1.82) is 0 Å². The Bertz CT molecular complexity index is 1370. The first-order chi connectivity index (χ1) is 16.2. The molecule has 1 aromatic carbocycles. The lowest BCUT2D eigenvalue weighted by molar-refractivity contribution is -0.384. The summed E-state index contributed by atoms with van der Waals surface area (Å²) in [6.45, 7) is 4.14. The Morgan fingerprint density at radius 2 is 1.97 bits per heavy atom. The molecule has 0 amide bonds. The van der Waals surface area contributed by atoms with Crippen LogP contribution in [0.2, 0.25) is 0 Å². The summed E-state index contributed by atoms with van der Waals surface area (Å²) < 4.78 is 0. The molecular weight excluding hydrogens is 472 g/mol. The zero-order chi connectivity index (χ0) is 24.0. The van der Waals surface area contributed by atoms with E-state index in [2.05, 4.69) is 24.1 Å². The molecule has 0 spiro atoms. The van der Waals surface area contributed by atoms with Gasteiger partial charge in [0.1, 0.15) is 5.82 Å². The highest BCUT2D eigenvalue weighted by Crippen LogP contribution is 2.48. The van der Waals surface area contributed by atoms with Crippen molar-refractivity contribution in [2.75, 3.05) is 5.32 Å². The third-order valence-electron chi connectivity index (χ3n) is 6.05. The van der Waals surface area contributed by atoms with Gasteiger partial charge in [0.05, 0.1) is 16.4 Å². The van der Waals surface area contributed by atoms with E-state index in [1.165, 1.54) is 35.2 Å². The van der Waals surface area contributed by atoms with Crippen molar-refractivity contribution < 1.29 is 9.72 Å². The fourth-order valence-corrected chi connectivity index (χ4v) is 6.23. The van der Waals surface area contributed by atoms with Crippen LogP contribution in [0.5, 0.6) is 0 Å². The number of rotatable bonds is 5. The van der Waals surface area contributed by atoms with E-state index in [1.54, 1.807) is 12.1 Å². The molecule has 0 saturated carbocycles. The van der Waals surface area contributed by atoms with Crippen LogP contribution in [0.15, 0.2) is 63.0 Å². The van der Waals surface area contributed by atoms with Gasteiger partial charge in [0.15, 0.2) is 10.9 Å². The van der Waals surface area contributed by atoms with Crippen molar-refractivity contribution in [1.82, 2.24) is 9.97 Å². The molecule has 1 atom stereocenters. The quantitative estimate of drug-likeness (QED) is 0.216. The molecule has 1 aliphatic heterocycles. The second kappa shape index (κ2) is 8.52. The van der Waals surface area contributed by atoms with Crippen LogP contribution in [0.25, 0.3) is 0 Å².